The molecular formula is C69H134O17P2. The molecule has 4 unspecified atom stereocenters. The second kappa shape index (κ2) is 60.0. The van der Waals surface area contributed by atoms with Gasteiger partial charge in [0.1, 0.15) is 19.3 Å². The van der Waals surface area contributed by atoms with Gasteiger partial charge in [-0.3, -0.25) is 37.3 Å². The molecule has 0 saturated carbocycles. The third-order valence-electron chi connectivity index (χ3n) is 16.6. The smallest absolute Gasteiger partial charge is 0.462 e. The minimum atomic E-state index is -4.95. The van der Waals surface area contributed by atoms with Crippen molar-refractivity contribution in [2.45, 2.75) is 362 Å². The molecular weight excluding hydrogens is 1160 g/mol. The number of aliphatic hydroxyl groups excluding tert-OH is 1. The Balaban J connectivity index is 5.23. The first-order valence-corrected chi connectivity index (χ1v) is 38.9. The number of unbranched alkanes of at least 4 members (excludes halogenated alkanes) is 33. The summed E-state index contributed by atoms with van der Waals surface area (Å²) in [5, 5.41) is 10.6. The third kappa shape index (κ3) is 60.3. The van der Waals surface area contributed by atoms with E-state index in [4.69, 9.17) is 37.0 Å². The SMILES string of the molecule is CCCCCCCCCC(=O)OC[C@H](COP(=O)(O)OC[C@H](O)COP(=O)(O)OC[C@@H](COC(=O)CCCCCCCCCCCCC(C)CC)OC(=O)CCCCCCCCCCCCCCC(C)C)OC(=O)CCCCCCCCCCC(C)CC. The van der Waals surface area contributed by atoms with Crippen molar-refractivity contribution < 1.29 is 80.2 Å². The van der Waals surface area contributed by atoms with Gasteiger partial charge in [0.15, 0.2) is 12.2 Å². The summed E-state index contributed by atoms with van der Waals surface area (Å²) in [5.74, 6) is 0.223. The standard InChI is InChI=1S/C69H134O17P2/c1-8-11-12-13-26-36-43-50-66(71)79-56-64(86-69(74)53-46-39-32-25-24-29-35-42-49-62(7)10-3)58-83-87(75,76)81-54-63(70)55-82-88(77,78)84-59-65(57-80-67(72)51-44-37-30-22-19-18-21-28-34-41-48-61(6)9-2)85-68(73)52-45-38-31-23-17-15-14-16-20-27-33-40-47-60(4)5/h60-65,70H,8-59H2,1-7H3,(H,75,76)(H,77,78)/t61?,62?,63-,64+,65+/m0/s1. The zero-order valence-electron chi connectivity index (χ0n) is 57.2. The summed E-state index contributed by atoms with van der Waals surface area (Å²) in [4.78, 5) is 72.4. The highest BCUT2D eigenvalue weighted by atomic mass is 31.2. The Labute approximate surface area is 537 Å². The highest BCUT2D eigenvalue weighted by Gasteiger charge is 2.30. The fourth-order valence-electron chi connectivity index (χ4n) is 10.3. The molecule has 0 spiro atoms. The Morgan fingerprint density at radius 2 is 0.580 bits per heavy atom. The maximum atomic E-state index is 13.0. The van der Waals surface area contributed by atoms with Crippen LogP contribution >= 0.6 is 15.6 Å². The Kier molecular flexibility index (Phi) is 58.7. The van der Waals surface area contributed by atoms with Gasteiger partial charge >= 0.3 is 39.5 Å². The molecule has 0 amide bonds. The van der Waals surface area contributed by atoms with Gasteiger partial charge < -0.3 is 33.8 Å². The quantitative estimate of drug-likeness (QED) is 0.0222. The van der Waals surface area contributed by atoms with E-state index < -0.39 is 97.5 Å². The lowest BCUT2D eigenvalue weighted by atomic mass is 9.99. The van der Waals surface area contributed by atoms with Crippen molar-refractivity contribution in [2.75, 3.05) is 39.6 Å². The predicted octanol–water partition coefficient (Wildman–Crippen LogP) is 19.5. The molecule has 0 aliphatic heterocycles. The Morgan fingerprint density at radius 1 is 0.330 bits per heavy atom. The molecule has 17 nitrogen and oxygen atoms in total. The van der Waals surface area contributed by atoms with Gasteiger partial charge in [0.2, 0.25) is 0 Å². The number of carbonyl (C=O) groups excluding carboxylic acids is 4. The van der Waals surface area contributed by atoms with Crippen molar-refractivity contribution >= 4 is 39.5 Å². The number of esters is 4. The van der Waals surface area contributed by atoms with Crippen LogP contribution in [0, 0.1) is 17.8 Å². The molecule has 522 valence electrons. The van der Waals surface area contributed by atoms with E-state index in [1.54, 1.807) is 0 Å². The summed E-state index contributed by atoms with van der Waals surface area (Å²) in [5.41, 5.74) is 0. The van der Waals surface area contributed by atoms with Crippen LogP contribution in [-0.4, -0.2) is 96.7 Å². The van der Waals surface area contributed by atoms with Crippen molar-refractivity contribution in [1.29, 1.82) is 0 Å². The molecule has 88 heavy (non-hydrogen) atoms. The van der Waals surface area contributed by atoms with E-state index in [1.807, 2.05) is 0 Å². The maximum absolute atomic E-state index is 13.0. The maximum Gasteiger partial charge on any atom is 0.472 e. The van der Waals surface area contributed by atoms with Gasteiger partial charge in [0, 0.05) is 25.7 Å². The topological polar surface area (TPSA) is 237 Å². The van der Waals surface area contributed by atoms with E-state index in [-0.39, 0.29) is 25.7 Å². The lowest BCUT2D eigenvalue weighted by Gasteiger charge is -2.21. The average Bonchev–Trinajstić information content (AvgIpc) is 3.59. The molecule has 0 heterocycles. The summed E-state index contributed by atoms with van der Waals surface area (Å²) in [7, 11) is -9.90. The Hall–Kier alpha value is -1.94. The fourth-order valence-corrected chi connectivity index (χ4v) is 11.9. The van der Waals surface area contributed by atoms with Gasteiger partial charge in [-0.15, -0.1) is 0 Å². The summed E-state index contributed by atoms with van der Waals surface area (Å²) < 4.78 is 68.2. The number of hydrogen-bond acceptors (Lipinski definition) is 15. The highest BCUT2D eigenvalue weighted by molar-refractivity contribution is 7.47. The first-order valence-electron chi connectivity index (χ1n) is 35.9. The molecule has 0 radical (unpaired) electrons. The van der Waals surface area contributed by atoms with Gasteiger partial charge in [0.05, 0.1) is 26.4 Å². The number of carbonyl (C=O) groups is 4. The van der Waals surface area contributed by atoms with Crippen LogP contribution in [0.3, 0.4) is 0 Å². The molecule has 0 aromatic heterocycles. The van der Waals surface area contributed by atoms with Crippen LogP contribution in [0.15, 0.2) is 0 Å². The number of hydrogen-bond donors (Lipinski definition) is 3. The molecule has 0 aliphatic carbocycles. The lowest BCUT2D eigenvalue weighted by Crippen LogP contribution is -2.30. The van der Waals surface area contributed by atoms with Gasteiger partial charge in [-0.25, -0.2) is 9.13 Å². The molecule has 0 aromatic rings. The largest absolute Gasteiger partial charge is 0.472 e. The van der Waals surface area contributed by atoms with E-state index in [1.165, 1.54) is 141 Å². The van der Waals surface area contributed by atoms with E-state index in [0.29, 0.717) is 25.7 Å². The monoisotopic (exact) mass is 1300 g/mol. The molecule has 0 rings (SSSR count). The minimum Gasteiger partial charge on any atom is -0.462 e. The predicted molar refractivity (Wildman–Crippen MR) is 354 cm³/mol. The number of ether oxygens (including phenoxy) is 4. The van der Waals surface area contributed by atoms with Crippen LogP contribution in [0.25, 0.3) is 0 Å². The van der Waals surface area contributed by atoms with Gasteiger partial charge in [-0.2, -0.15) is 0 Å². The summed E-state index contributed by atoms with van der Waals surface area (Å²) in [6.45, 7) is 11.8. The zero-order valence-corrected chi connectivity index (χ0v) is 59.0. The molecule has 0 fully saturated rings. The average molecular weight is 1300 g/mol. The van der Waals surface area contributed by atoms with Crippen molar-refractivity contribution in [1.82, 2.24) is 0 Å². The van der Waals surface area contributed by atoms with Crippen LogP contribution < -0.4 is 0 Å². The minimum absolute atomic E-state index is 0.104. The van der Waals surface area contributed by atoms with Gasteiger partial charge in [0.25, 0.3) is 0 Å². The normalized spacial score (nSPS) is 14.9. The van der Waals surface area contributed by atoms with E-state index in [2.05, 4.69) is 48.5 Å². The molecule has 0 aliphatic rings. The molecule has 0 aromatic carbocycles. The number of aliphatic hydroxyl groups is 1. The number of phosphoric ester groups is 2. The van der Waals surface area contributed by atoms with Crippen molar-refractivity contribution in [3.63, 3.8) is 0 Å². The van der Waals surface area contributed by atoms with Gasteiger partial charge in [-0.1, -0.05) is 292 Å². The van der Waals surface area contributed by atoms with Crippen LogP contribution in [-0.2, 0) is 65.4 Å². The van der Waals surface area contributed by atoms with Crippen molar-refractivity contribution in [3.05, 3.63) is 0 Å². The van der Waals surface area contributed by atoms with Gasteiger partial charge in [-0.05, 0) is 43.4 Å². The van der Waals surface area contributed by atoms with E-state index >= 15 is 0 Å². The summed E-state index contributed by atoms with van der Waals surface area (Å²) in [6, 6.07) is 0. The highest BCUT2D eigenvalue weighted by Crippen LogP contribution is 2.45. The van der Waals surface area contributed by atoms with Crippen molar-refractivity contribution in [3.8, 4) is 0 Å². The molecule has 0 saturated heterocycles. The lowest BCUT2D eigenvalue weighted by molar-refractivity contribution is -0.161. The zero-order chi connectivity index (χ0) is 65.2. The van der Waals surface area contributed by atoms with Crippen LogP contribution in [0.2, 0.25) is 0 Å². The number of phosphoric acid groups is 2. The molecule has 0 bridgehead atoms. The second-order valence-corrected chi connectivity index (χ2v) is 28.8. The number of rotatable bonds is 67. The van der Waals surface area contributed by atoms with E-state index in [0.717, 1.165) is 120 Å². The first-order chi connectivity index (χ1) is 42.3. The van der Waals surface area contributed by atoms with Crippen molar-refractivity contribution in [2.24, 2.45) is 17.8 Å². The van der Waals surface area contributed by atoms with Crippen LogP contribution in [0.1, 0.15) is 344 Å². The molecule has 7 atom stereocenters. The Bertz CT molecular complexity index is 1740. The van der Waals surface area contributed by atoms with Crippen LogP contribution in [0.4, 0.5) is 0 Å². The van der Waals surface area contributed by atoms with E-state index in [9.17, 15) is 43.2 Å². The van der Waals surface area contributed by atoms with Crippen LogP contribution in [0.5, 0.6) is 0 Å². The first kappa shape index (κ1) is 86.1. The second-order valence-electron chi connectivity index (χ2n) is 25.9. The third-order valence-corrected chi connectivity index (χ3v) is 18.5. The Morgan fingerprint density at radius 3 is 0.864 bits per heavy atom. The molecule has 19 heteroatoms. The fraction of sp³-hybridized carbons (Fsp3) is 0.942. The molecule has 3 N–H and O–H groups in total. The summed E-state index contributed by atoms with van der Waals surface area (Å²) in [6.07, 6.45) is 43.0. The summed E-state index contributed by atoms with van der Waals surface area (Å²) >= 11 is 0.